The van der Waals surface area contributed by atoms with Crippen LogP contribution in [0.4, 0.5) is 0 Å². The number of rotatable bonds is 6. The average Bonchev–Trinajstić information content (AvgIpc) is 3.18. The molecule has 1 amide bonds. The molecule has 2 fully saturated rings. The molecule has 1 aromatic rings. The van der Waals surface area contributed by atoms with E-state index in [9.17, 15) is 9.59 Å². The van der Waals surface area contributed by atoms with Crippen LogP contribution in [0.15, 0.2) is 30.3 Å². The summed E-state index contributed by atoms with van der Waals surface area (Å²) in [5, 5.41) is 12.1. The van der Waals surface area contributed by atoms with Crippen LogP contribution in [-0.2, 0) is 15.0 Å². The van der Waals surface area contributed by atoms with Crippen molar-refractivity contribution in [2.75, 3.05) is 19.6 Å². The summed E-state index contributed by atoms with van der Waals surface area (Å²) in [6.45, 7) is 1.51. The van der Waals surface area contributed by atoms with Gasteiger partial charge in [0.15, 0.2) is 0 Å². The maximum Gasteiger partial charge on any atom is 0.320 e. The van der Waals surface area contributed by atoms with E-state index in [4.69, 9.17) is 5.11 Å². The molecule has 1 aliphatic heterocycles. The number of aliphatic carboxylic acids is 1. The van der Waals surface area contributed by atoms with Gasteiger partial charge in [-0.1, -0.05) is 30.3 Å². The molecular formula is C17H23ClN2O3. The summed E-state index contributed by atoms with van der Waals surface area (Å²) in [6.07, 6.45) is 3.67. The number of halogens is 1. The highest BCUT2D eigenvalue weighted by Gasteiger charge is 2.44. The lowest BCUT2D eigenvalue weighted by Crippen LogP contribution is -2.44. The third-order valence-electron chi connectivity index (χ3n) is 4.86. The standard InChI is InChI=1S/C17H22N2O3.ClH/c20-15(11-19-10-4-7-14(19)16(21)22)18-12-17(8-9-17)13-5-2-1-3-6-13;/h1-3,5-6,14H,4,7-12H2,(H,18,20)(H,21,22);1H/t14-;/m1./s1. The van der Waals surface area contributed by atoms with E-state index >= 15 is 0 Å². The molecule has 0 unspecified atom stereocenters. The second-order valence-corrected chi connectivity index (χ2v) is 6.39. The van der Waals surface area contributed by atoms with Gasteiger partial charge in [-0.05, 0) is 37.8 Å². The smallest absolute Gasteiger partial charge is 0.320 e. The number of likely N-dealkylation sites (tertiary alicyclic amines) is 1. The van der Waals surface area contributed by atoms with Crippen molar-refractivity contribution in [3.05, 3.63) is 35.9 Å². The first-order valence-electron chi connectivity index (χ1n) is 7.90. The lowest BCUT2D eigenvalue weighted by atomic mass is 9.96. The molecule has 0 radical (unpaired) electrons. The van der Waals surface area contributed by atoms with Gasteiger partial charge in [-0.25, -0.2) is 0 Å². The number of nitrogens with one attached hydrogen (secondary N) is 1. The van der Waals surface area contributed by atoms with Gasteiger partial charge in [0.2, 0.25) is 5.91 Å². The summed E-state index contributed by atoms with van der Waals surface area (Å²) in [7, 11) is 0. The summed E-state index contributed by atoms with van der Waals surface area (Å²) in [6, 6.07) is 9.77. The Morgan fingerprint density at radius 1 is 1.26 bits per heavy atom. The Hall–Kier alpha value is -1.59. The predicted molar refractivity (Wildman–Crippen MR) is 89.8 cm³/mol. The first-order valence-corrected chi connectivity index (χ1v) is 7.90. The molecule has 126 valence electrons. The van der Waals surface area contributed by atoms with E-state index in [2.05, 4.69) is 17.4 Å². The number of nitrogens with zero attached hydrogens (tertiary/aromatic N) is 1. The quantitative estimate of drug-likeness (QED) is 0.830. The third-order valence-corrected chi connectivity index (χ3v) is 4.86. The molecule has 1 aliphatic carbocycles. The normalized spacial score (nSPS) is 22.2. The summed E-state index contributed by atoms with van der Waals surface area (Å²) in [4.78, 5) is 25.0. The molecular weight excluding hydrogens is 316 g/mol. The van der Waals surface area contributed by atoms with Crippen LogP contribution in [0.3, 0.4) is 0 Å². The Morgan fingerprint density at radius 2 is 1.96 bits per heavy atom. The number of carboxylic acid groups (broad SMARTS) is 1. The zero-order valence-electron chi connectivity index (χ0n) is 13.0. The molecule has 0 aromatic heterocycles. The van der Waals surface area contributed by atoms with Gasteiger partial charge < -0.3 is 10.4 Å². The summed E-state index contributed by atoms with van der Waals surface area (Å²) >= 11 is 0. The first kappa shape index (κ1) is 17.8. The van der Waals surface area contributed by atoms with Crippen molar-refractivity contribution in [2.24, 2.45) is 0 Å². The molecule has 1 aromatic carbocycles. The van der Waals surface area contributed by atoms with Crippen LogP contribution < -0.4 is 5.32 Å². The van der Waals surface area contributed by atoms with E-state index in [1.807, 2.05) is 18.2 Å². The van der Waals surface area contributed by atoms with E-state index in [0.717, 1.165) is 19.3 Å². The van der Waals surface area contributed by atoms with Gasteiger partial charge in [-0.3, -0.25) is 14.5 Å². The van der Waals surface area contributed by atoms with Crippen molar-refractivity contribution < 1.29 is 14.7 Å². The largest absolute Gasteiger partial charge is 0.480 e. The van der Waals surface area contributed by atoms with Gasteiger partial charge in [0.05, 0.1) is 6.54 Å². The summed E-state index contributed by atoms with van der Waals surface area (Å²) in [5.74, 6) is -0.899. The molecule has 1 atom stereocenters. The second kappa shape index (κ2) is 7.32. The third kappa shape index (κ3) is 4.03. The molecule has 1 heterocycles. The van der Waals surface area contributed by atoms with Crippen LogP contribution in [0, 0.1) is 0 Å². The number of carboxylic acids is 1. The monoisotopic (exact) mass is 338 g/mol. The first-order chi connectivity index (χ1) is 10.6. The zero-order valence-corrected chi connectivity index (χ0v) is 13.8. The Morgan fingerprint density at radius 3 is 2.57 bits per heavy atom. The minimum Gasteiger partial charge on any atom is -0.480 e. The molecule has 6 heteroatoms. The predicted octanol–water partition coefficient (Wildman–Crippen LogP) is 1.81. The molecule has 2 aliphatic rings. The highest BCUT2D eigenvalue weighted by Crippen LogP contribution is 2.47. The minimum absolute atomic E-state index is 0. The van der Waals surface area contributed by atoms with E-state index in [1.54, 1.807) is 4.90 Å². The van der Waals surface area contributed by atoms with E-state index in [0.29, 0.717) is 19.5 Å². The van der Waals surface area contributed by atoms with Gasteiger partial charge in [-0.2, -0.15) is 0 Å². The molecule has 5 nitrogen and oxygen atoms in total. The maximum atomic E-state index is 12.1. The van der Waals surface area contributed by atoms with Crippen molar-refractivity contribution in [3.63, 3.8) is 0 Å². The van der Waals surface area contributed by atoms with Gasteiger partial charge in [0.1, 0.15) is 6.04 Å². The van der Waals surface area contributed by atoms with Crippen LogP contribution >= 0.6 is 12.4 Å². The van der Waals surface area contributed by atoms with Crippen molar-refractivity contribution in [3.8, 4) is 0 Å². The maximum absolute atomic E-state index is 12.1. The lowest BCUT2D eigenvalue weighted by molar-refractivity contribution is -0.142. The molecule has 3 rings (SSSR count). The lowest BCUT2D eigenvalue weighted by Gasteiger charge is -2.22. The van der Waals surface area contributed by atoms with Gasteiger partial charge in [0.25, 0.3) is 0 Å². The highest BCUT2D eigenvalue weighted by atomic mass is 35.5. The average molecular weight is 339 g/mol. The van der Waals surface area contributed by atoms with E-state index in [-0.39, 0.29) is 30.3 Å². The van der Waals surface area contributed by atoms with Crippen molar-refractivity contribution in [1.29, 1.82) is 0 Å². The topological polar surface area (TPSA) is 69.6 Å². The van der Waals surface area contributed by atoms with Crippen molar-refractivity contribution >= 4 is 24.3 Å². The van der Waals surface area contributed by atoms with Gasteiger partial charge in [0, 0.05) is 12.0 Å². The molecule has 1 saturated heterocycles. The molecule has 0 spiro atoms. The Balaban J connectivity index is 0.00000192. The van der Waals surface area contributed by atoms with E-state index < -0.39 is 12.0 Å². The number of carbonyl (C=O) groups excluding carboxylic acids is 1. The van der Waals surface area contributed by atoms with Gasteiger partial charge >= 0.3 is 5.97 Å². The molecule has 0 bridgehead atoms. The fourth-order valence-electron chi connectivity index (χ4n) is 3.31. The van der Waals surface area contributed by atoms with Crippen LogP contribution in [0.25, 0.3) is 0 Å². The fraction of sp³-hybridized carbons (Fsp3) is 0.529. The Kier molecular flexibility index (Phi) is 5.65. The van der Waals surface area contributed by atoms with Gasteiger partial charge in [-0.15, -0.1) is 12.4 Å². The van der Waals surface area contributed by atoms with Crippen molar-refractivity contribution in [2.45, 2.75) is 37.1 Å². The molecule has 2 N–H and O–H groups in total. The SMILES string of the molecule is Cl.O=C(CN1CCC[C@@H]1C(=O)O)NCC1(c2ccccc2)CC1. The number of hydrogen-bond acceptors (Lipinski definition) is 3. The fourth-order valence-corrected chi connectivity index (χ4v) is 3.31. The number of amides is 1. The highest BCUT2D eigenvalue weighted by molar-refractivity contribution is 5.85. The van der Waals surface area contributed by atoms with E-state index in [1.165, 1.54) is 5.56 Å². The zero-order chi connectivity index (χ0) is 15.6. The van der Waals surface area contributed by atoms with Crippen LogP contribution in [0.1, 0.15) is 31.2 Å². The Labute approximate surface area is 142 Å². The van der Waals surface area contributed by atoms with Crippen LogP contribution in [-0.4, -0.2) is 47.6 Å². The Bertz CT molecular complexity index is 560. The van der Waals surface area contributed by atoms with Crippen LogP contribution in [0.2, 0.25) is 0 Å². The molecule has 1 saturated carbocycles. The summed E-state index contributed by atoms with van der Waals surface area (Å²) in [5.41, 5.74) is 1.37. The summed E-state index contributed by atoms with van der Waals surface area (Å²) < 4.78 is 0. The van der Waals surface area contributed by atoms with Crippen LogP contribution in [0.5, 0.6) is 0 Å². The number of carbonyl (C=O) groups is 2. The number of hydrogen-bond donors (Lipinski definition) is 2. The number of benzene rings is 1. The van der Waals surface area contributed by atoms with Crippen molar-refractivity contribution in [1.82, 2.24) is 10.2 Å². The second-order valence-electron chi connectivity index (χ2n) is 6.39. The minimum atomic E-state index is -0.826. The molecule has 23 heavy (non-hydrogen) atoms.